The van der Waals surface area contributed by atoms with Crippen LogP contribution in [-0.4, -0.2) is 23.4 Å². The lowest BCUT2D eigenvalue weighted by molar-refractivity contribution is -0.132. The number of hydrogen-bond donors (Lipinski definition) is 1. The van der Waals surface area contributed by atoms with Gasteiger partial charge in [0.25, 0.3) is 0 Å². The minimum absolute atomic E-state index is 0.0442. The molecule has 0 spiro atoms. The third-order valence-electron chi connectivity index (χ3n) is 5.16. The Kier molecular flexibility index (Phi) is 3.55. The molecule has 2 fully saturated rings. The molecule has 1 amide bonds. The largest absolute Gasteiger partial charge is 0.321 e. The van der Waals surface area contributed by atoms with E-state index < -0.39 is 0 Å². The van der Waals surface area contributed by atoms with E-state index in [2.05, 4.69) is 29.3 Å². The van der Waals surface area contributed by atoms with E-state index in [1.807, 2.05) is 25.1 Å². The highest BCUT2D eigenvalue weighted by atomic mass is 16.2. The van der Waals surface area contributed by atoms with Gasteiger partial charge in [-0.15, -0.1) is 0 Å². The standard InChI is InChI=1S/C17H24N2O/c1-3-17(10-7-11-17)12-19-15(18-13(2)16(19)20)14-8-5-4-6-9-14/h4-6,8-9,13,15,18H,3,7,10-12H2,1-2H3. The fraction of sp³-hybridized carbons (Fsp3) is 0.588. The molecule has 2 unspecified atom stereocenters. The maximum absolute atomic E-state index is 12.5. The van der Waals surface area contributed by atoms with Crippen molar-refractivity contribution in [2.45, 2.75) is 51.7 Å². The van der Waals surface area contributed by atoms with Gasteiger partial charge >= 0.3 is 0 Å². The summed E-state index contributed by atoms with van der Waals surface area (Å²) >= 11 is 0. The molecule has 1 aliphatic carbocycles. The van der Waals surface area contributed by atoms with Gasteiger partial charge in [-0.1, -0.05) is 43.7 Å². The fourth-order valence-electron chi connectivity index (χ4n) is 3.52. The van der Waals surface area contributed by atoms with Crippen LogP contribution in [-0.2, 0) is 4.79 Å². The Morgan fingerprint density at radius 3 is 2.55 bits per heavy atom. The zero-order chi connectivity index (χ0) is 14.2. The van der Waals surface area contributed by atoms with Crippen LogP contribution in [0, 0.1) is 5.41 Å². The van der Waals surface area contributed by atoms with Crippen LogP contribution < -0.4 is 5.32 Å². The molecule has 20 heavy (non-hydrogen) atoms. The molecule has 1 saturated heterocycles. The number of hydrogen-bond acceptors (Lipinski definition) is 2. The summed E-state index contributed by atoms with van der Waals surface area (Å²) in [6.45, 7) is 5.13. The van der Waals surface area contributed by atoms with Crippen molar-refractivity contribution >= 4 is 5.91 Å². The van der Waals surface area contributed by atoms with Crippen molar-refractivity contribution in [1.82, 2.24) is 10.2 Å². The molecule has 0 bridgehead atoms. The number of nitrogens with one attached hydrogen (secondary N) is 1. The lowest BCUT2D eigenvalue weighted by Crippen LogP contribution is -2.44. The minimum atomic E-state index is -0.0748. The van der Waals surface area contributed by atoms with Crippen LogP contribution in [0.3, 0.4) is 0 Å². The molecule has 1 aromatic carbocycles. The van der Waals surface area contributed by atoms with Gasteiger partial charge < -0.3 is 4.90 Å². The normalized spacial score (nSPS) is 28.5. The van der Waals surface area contributed by atoms with Gasteiger partial charge in [-0.3, -0.25) is 10.1 Å². The summed E-state index contributed by atoms with van der Waals surface area (Å²) in [5.74, 6) is 0.249. The Balaban J connectivity index is 1.83. The molecule has 1 aliphatic heterocycles. The van der Waals surface area contributed by atoms with Gasteiger partial charge in [0.1, 0.15) is 6.17 Å². The number of rotatable bonds is 4. The van der Waals surface area contributed by atoms with Crippen molar-refractivity contribution in [3.05, 3.63) is 35.9 Å². The van der Waals surface area contributed by atoms with Crippen molar-refractivity contribution < 1.29 is 4.79 Å². The van der Waals surface area contributed by atoms with Gasteiger partial charge in [-0.05, 0) is 37.2 Å². The van der Waals surface area contributed by atoms with Crippen LogP contribution >= 0.6 is 0 Å². The minimum Gasteiger partial charge on any atom is -0.321 e. The van der Waals surface area contributed by atoms with E-state index in [-0.39, 0.29) is 18.1 Å². The predicted molar refractivity (Wildman–Crippen MR) is 80.1 cm³/mol. The quantitative estimate of drug-likeness (QED) is 0.913. The predicted octanol–water partition coefficient (Wildman–Crippen LogP) is 3.09. The Hall–Kier alpha value is -1.35. The molecule has 1 N–H and O–H groups in total. The van der Waals surface area contributed by atoms with Crippen molar-refractivity contribution in [3.8, 4) is 0 Å². The third-order valence-corrected chi connectivity index (χ3v) is 5.16. The average molecular weight is 272 g/mol. The Morgan fingerprint density at radius 1 is 1.30 bits per heavy atom. The Bertz CT molecular complexity index is 476. The van der Waals surface area contributed by atoms with E-state index >= 15 is 0 Å². The SMILES string of the molecule is CCC1(CN2C(=O)C(C)NC2c2ccccc2)CCC1. The summed E-state index contributed by atoms with van der Waals surface area (Å²) < 4.78 is 0. The summed E-state index contributed by atoms with van der Waals surface area (Å²) in [4.78, 5) is 14.6. The van der Waals surface area contributed by atoms with E-state index in [0.717, 1.165) is 6.54 Å². The van der Waals surface area contributed by atoms with Crippen LogP contribution in [0.4, 0.5) is 0 Å². The second-order valence-corrected chi connectivity index (χ2v) is 6.37. The van der Waals surface area contributed by atoms with Crippen LogP contribution in [0.2, 0.25) is 0 Å². The topological polar surface area (TPSA) is 32.3 Å². The molecule has 108 valence electrons. The molecular weight excluding hydrogens is 248 g/mol. The first-order chi connectivity index (χ1) is 9.65. The van der Waals surface area contributed by atoms with E-state index in [4.69, 9.17) is 0 Å². The molecule has 3 heteroatoms. The first kappa shape index (κ1) is 13.6. The van der Waals surface area contributed by atoms with Crippen molar-refractivity contribution in [2.24, 2.45) is 5.41 Å². The monoisotopic (exact) mass is 272 g/mol. The number of nitrogens with zero attached hydrogens (tertiary/aromatic N) is 1. The van der Waals surface area contributed by atoms with Crippen molar-refractivity contribution in [1.29, 1.82) is 0 Å². The first-order valence-electron chi connectivity index (χ1n) is 7.77. The fourth-order valence-corrected chi connectivity index (χ4v) is 3.52. The Labute approximate surface area is 121 Å². The molecule has 3 nitrogen and oxygen atoms in total. The molecule has 1 aromatic rings. The second-order valence-electron chi connectivity index (χ2n) is 6.37. The van der Waals surface area contributed by atoms with Gasteiger partial charge in [0, 0.05) is 6.54 Å². The zero-order valence-electron chi connectivity index (χ0n) is 12.4. The maximum Gasteiger partial charge on any atom is 0.241 e. The highest BCUT2D eigenvalue weighted by molar-refractivity contribution is 5.84. The molecule has 2 atom stereocenters. The van der Waals surface area contributed by atoms with Crippen LogP contribution in [0.15, 0.2) is 30.3 Å². The van der Waals surface area contributed by atoms with Gasteiger partial charge in [-0.2, -0.15) is 0 Å². The summed E-state index contributed by atoms with van der Waals surface area (Å²) in [5, 5.41) is 3.44. The van der Waals surface area contributed by atoms with E-state index in [9.17, 15) is 4.79 Å². The maximum atomic E-state index is 12.5. The van der Waals surface area contributed by atoms with Crippen molar-refractivity contribution in [2.75, 3.05) is 6.54 Å². The molecule has 3 rings (SSSR count). The molecular formula is C17H24N2O. The number of carbonyl (C=O) groups is 1. The second kappa shape index (κ2) is 5.21. The van der Waals surface area contributed by atoms with E-state index in [1.165, 1.54) is 31.2 Å². The average Bonchev–Trinajstić information content (AvgIpc) is 2.71. The molecule has 1 heterocycles. The number of amides is 1. The number of benzene rings is 1. The lowest BCUT2D eigenvalue weighted by atomic mass is 9.66. The van der Waals surface area contributed by atoms with E-state index in [1.54, 1.807) is 0 Å². The van der Waals surface area contributed by atoms with Crippen LogP contribution in [0.5, 0.6) is 0 Å². The highest BCUT2D eigenvalue weighted by Crippen LogP contribution is 2.46. The summed E-state index contributed by atoms with van der Waals surface area (Å²) in [7, 11) is 0. The summed E-state index contributed by atoms with van der Waals surface area (Å²) in [5.41, 5.74) is 1.56. The zero-order valence-corrected chi connectivity index (χ0v) is 12.4. The molecule has 0 aromatic heterocycles. The van der Waals surface area contributed by atoms with Gasteiger partial charge in [0.05, 0.1) is 6.04 Å². The summed E-state index contributed by atoms with van der Waals surface area (Å²) in [6, 6.07) is 10.2. The van der Waals surface area contributed by atoms with Gasteiger partial charge in [-0.25, -0.2) is 0 Å². The lowest BCUT2D eigenvalue weighted by Gasteiger charge is -2.45. The van der Waals surface area contributed by atoms with Gasteiger partial charge in [0.15, 0.2) is 0 Å². The smallest absolute Gasteiger partial charge is 0.241 e. The summed E-state index contributed by atoms with van der Waals surface area (Å²) in [6.07, 6.45) is 5.07. The third kappa shape index (κ3) is 2.24. The molecule has 2 aliphatic rings. The first-order valence-corrected chi connectivity index (χ1v) is 7.77. The van der Waals surface area contributed by atoms with Crippen LogP contribution in [0.1, 0.15) is 51.3 Å². The van der Waals surface area contributed by atoms with E-state index in [0.29, 0.717) is 5.41 Å². The van der Waals surface area contributed by atoms with Crippen molar-refractivity contribution in [3.63, 3.8) is 0 Å². The molecule has 0 radical (unpaired) electrons. The van der Waals surface area contributed by atoms with Gasteiger partial charge in [0.2, 0.25) is 5.91 Å². The highest BCUT2D eigenvalue weighted by Gasteiger charge is 2.44. The van der Waals surface area contributed by atoms with Crippen LogP contribution in [0.25, 0.3) is 0 Å². The Morgan fingerprint density at radius 2 is 2.00 bits per heavy atom. The number of carbonyl (C=O) groups excluding carboxylic acids is 1. The molecule has 1 saturated carbocycles.